The van der Waals surface area contributed by atoms with Crippen LogP contribution in [-0.4, -0.2) is 44.1 Å². The highest BCUT2D eigenvalue weighted by Gasteiger charge is 2.30. The molecule has 1 aliphatic rings. The van der Waals surface area contributed by atoms with Crippen LogP contribution in [0.4, 0.5) is 19.1 Å². The first-order valence-corrected chi connectivity index (χ1v) is 7.78. The van der Waals surface area contributed by atoms with Crippen LogP contribution < -0.4 is 5.32 Å². The summed E-state index contributed by atoms with van der Waals surface area (Å²) in [6.07, 6.45) is -2.17. The average molecular weight is 366 g/mol. The van der Waals surface area contributed by atoms with Gasteiger partial charge in [-0.3, -0.25) is 10.1 Å². The molecule has 1 atom stereocenters. The number of nitrogens with zero attached hydrogens (tertiary/aromatic N) is 4. The maximum absolute atomic E-state index is 12.8. The zero-order valence-corrected chi connectivity index (χ0v) is 13.2. The van der Waals surface area contributed by atoms with Crippen molar-refractivity contribution < 1.29 is 22.7 Å². The number of halogens is 3. The number of carbonyl (C=O) groups is 1. The number of aromatic amines is 1. The second kappa shape index (κ2) is 6.09. The van der Waals surface area contributed by atoms with Gasteiger partial charge in [-0.15, -0.1) is 5.10 Å². The van der Waals surface area contributed by atoms with Crippen LogP contribution in [0.1, 0.15) is 28.5 Å². The van der Waals surface area contributed by atoms with E-state index in [0.29, 0.717) is 18.7 Å². The van der Waals surface area contributed by atoms with Crippen molar-refractivity contribution in [2.75, 3.05) is 18.5 Å². The zero-order chi connectivity index (χ0) is 18.3. The van der Waals surface area contributed by atoms with Gasteiger partial charge in [-0.05, 0) is 24.6 Å². The summed E-state index contributed by atoms with van der Waals surface area (Å²) >= 11 is 0. The van der Waals surface area contributed by atoms with Crippen LogP contribution in [0.3, 0.4) is 0 Å². The van der Waals surface area contributed by atoms with Crippen molar-refractivity contribution in [3.63, 3.8) is 0 Å². The van der Waals surface area contributed by atoms with Crippen LogP contribution >= 0.6 is 0 Å². The summed E-state index contributed by atoms with van der Waals surface area (Å²) < 4.78 is 45.1. The predicted octanol–water partition coefficient (Wildman–Crippen LogP) is 2.39. The fraction of sp³-hybridized carbons (Fsp3) is 0.333. The fourth-order valence-electron chi connectivity index (χ4n) is 2.71. The number of fused-ring (bicyclic) bond motifs is 1. The van der Waals surface area contributed by atoms with Crippen molar-refractivity contribution in [3.05, 3.63) is 35.7 Å². The molecule has 1 saturated heterocycles. The van der Waals surface area contributed by atoms with Crippen molar-refractivity contribution in [2.45, 2.75) is 18.6 Å². The minimum absolute atomic E-state index is 0.0306. The van der Waals surface area contributed by atoms with Gasteiger partial charge >= 0.3 is 6.18 Å². The highest BCUT2D eigenvalue weighted by atomic mass is 19.4. The number of benzene rings is 1. The minimum atomic E-state index is -4.45. The van der Waals surface area contributed by atoms with Crippen LogP contribution in [-0.2, 0) is 10.9 Å². The summed E-state index contributed by atoms with van der Waals surface area (Å²) in [6.45, 7) is 1.14. The second-order valence-electron chi connectivity index (χ2n) is 5.87. The van der Waals surface area contributed by atoms with Gasteiger partial charge < -0.3 is 9.72 Å². The van der Waals surface area contributed by atoms with Gasteiger partial charge in [-0.2, -0.15) is 13.2 Å². The summed E-state index contributed by atoms with van der Waals surface area (Å²) in [4.78, 5) is 19.0. The Bertz CT molecular complexity index is 958. The molecule has 26 heavy (non-hydrogen) atoms. The first-order valence-electron chi connectivity index (χ1n) is 7.78. The van der Waals surface area contributed by atoms with Gasteiger partial charge in [0.2, 0.25) is 5.95 Å². The molecule has 0 spiro atoms. The normalized spacial score (nSPS) is 17.7. The molecule has 3 aromatic rings. The number of imidazole rings is 1. The maximum Gasteiger partial charge on any atom is 0.416 e. The third-order valence-electron chi connectivity index (χ3n) is 4.06. The van der Waals surface area contributed by atoms with Crippen LogP contribution in [0.15, 0.2) is 24.4 Å². The molecule has 0 bridgehead atoms. The number of carbonyl (C=O) groups excluding carboxylic acids is 1. The highest BCUT2D eigenvalue weighted by molar-refractivity contribution is 6.02. The van der Waals surface area contributed by atoms with E-state index >= 15 is 0 Å². The van der Waals surface area contributed by atoms with Gasteiger partial charge in [0.05, 0.1) is 35.4 Å². The lowest BCUT2D eigenvalue weighted by Crippen LogP contribution is -2.13. The molecule has 0 saturated carbocycles. The molecular formula is C15H13F3N6O2. The molecule has 0 unspecified atom stereocenters. The van der Waals surface area contributed by atoms with E-state index < -0.39 is 17.6 Å². The monoisotopic (exact) mass is 366 g/mol. The number of alkyl halides is 3. The number of aromatic nitrogens is 5. The van der Waals surface area contributed by atoms with E-state index in [1.54, 1.807) is 4.68 Å². The Morgan fingerprint density at radius 1 is 1.38 bits per heavy atom. The number of nitrogens with one attached hydrogen (secondary N) is 2. The van der Waals surface area contributed by atoms with Gasteiger partial charge in [0, 0.05) is 6.61 Å². The van der Waals surface area contributed by atoms with Crippen LogP contribution in [0, 0.1) is 0 Å². The highest BCUT2D eigenvalue weighted by Crippen LogP contribution is 2.31. The third kappa shape index (κ3) is 3.12. The van der Waals surface area contributed by atoms with Crippen molar-refractivity contribution >= 4 is 22.9 Å². The lowest BCUT2D eigenvalue weighted by atomic mass is 10.2. The molecule has 3 heterocycles. The fourth-order valence-corrected chi connectivity index (χ4v) is 2.71. The molecule has 1 aromatic carbocycles. The van der Waals surface area contributed by atoms with Crippen molar-refractivity contribution in [1.82, 2.24) is 25.0 Å². The Morgan fingerprint density at radius 2 is 2.23 bits per heavy atom. The molecule has 1 amide bonds. The number of hydrogen-bond acceptors (Lipinski definition) is 5. The smallest absolute Gasteiger partial charge is 0.379 e. The van der Waals surface area contributed by atoms with Gasteiger partial charge in [0.25, 0.3) is 5.91 Å². The lowest BCUT2D eigenvalue weighted by Gasteiger charge is -2.05. The first-order chi connectivity index (χ1) is 12.4. The van der Waals surface area contributed by atoms with E-state index in [1.807, 2.05) is 0 Å². The zero-order valence-electron chi connectivity index (χ0n) is 13.2. The average Bonchev–Trinajstić information content (AvgIpc) is 3.32. The molecule has 0 aliphatic carbocycles. The van der Waals surface area contributed by atoms with Crippen LogP contribution in [0.2, 0.25) is 0 Å². The summed E-state index contributed by atoms with van der Waals surface area (Å²) in [7, 11) is 0. The molecule has 0 radical (unpaired) electrons. The summed E-state index contributed by atoms with van der Waals surface area (Å²) in [5, 5.41) is 10.2. The number of amides is 1. The number of ether oxygens (including phenoxy) is 1. The Balaban J connectivity index is 1.52. The molecule has 11 heteroatoms. The number of anilines is 1. The quantitative estimate of drug-likeness (QED) is 0.742. The summed E-state index contributed by atoms with van der Waals surface area (Å²) in [5.74, 6) is -0.534. The third-order valence-corrected chi connectivity index (χ3v) is 4.06. The largest absolute Gasteiger partial charge is 0.416 e. The van der Waals surface area contributed by atoms with Crippen molar-refractivity contribution in [3.8, 4) is 0 Å². The van der Waals surface area contributed by atoms with Gasteiger partial charge in [-0.25, -0.2) is 9.67 Å². The standard InChI is InChI=1S/C15H13F3N6O2/c16-15(17,18)8-1-2-10-11(5-8)20-14(19-10)21-13(25)12-6-24(23-22-12)9-3-4-26-7-9/h1-2,5-6,9H,3-4,7H2,(H2,19,20,21,25)/t9-/m1/s1. The minimum Gasteiger partial charge on any atom is -0.379 e. The van der Waals surface area contributed by atoms with E-state index in [-0.39, 0.29) is 23.2 Å². The van der Waals surface area contributed by atoms with Gasteiger partial charge in [-0.1, -0.05) is 5.21 Å². The lowest BCUT2D eigenvalue weighted by molar-refractivity contribution is -0.137. The molecule has 2 N–H and O–H groups in total. The maximum atomic E-state index is 12.8. The Hall–Kier alpha value is -2.95. The molecule has 2 aromatic heterocycles. The number of hydrogen-bond donors (Lipinski definition) is 2. The van der Waals surface area contributed by atoms with E-state index in [0.717, 1.165) is 18.6 Å². The molecular weight excluding hydrogens is 353 g/mol. The van der Waals surface area contributed by atoms with E-state index in [9.17, 15) is 18.0 Å². The number of H-pyrrole nitrogens is 1. The molecule has 1 aliphatic heterocycles. The Kier molecular flexibility index (Phi) is 3.87. The van der Waals surface area contributed by atoms with Crippen molar-refractivity contribution in [2.24, 2.45) is 0 Å². The molecule has 1 fully saturated rings. The molecule has 136 valence electrons. The van der Waals surface area contributed by atoms with Gasteiger partial charge in [0.1, 0.15) is 0 Å². The molecule has 8 nitrogen and oxygen atoms in total. The summed E-state index contributed by atoms with van der Waals surface area (Å²) in [5.41, 5.74) is -0.247. The van der Waals surface area contributed by atoms with Gasteiger partial charge in [0.15, 0.2) is 5.69 Å². The predicted molar refractivity (Wildman–Crippen MR) is 83.5 cm³/mol. The van der Waals surface area contributed by atoms with E-state index in [1.165, 1.54) is 12.3 Å². The van der Waals surface area contributed by atoms with E-state index in [4.69, 9.17) is 4.74 Å². The van der Waals surface area contributed by atoms with E-state index in [2.05, 4.69) is 25.6 Å². The van der Waals surface area contributed by atoms with Crippen LogP contribution in [0.5, 0.6) is 0 Å². The number of rotatable bonds is 3. The Morgan fingerprint density at radius 3 is 2.96 bits per heavy atom. The molecule has 4 rings (SSSR count). The SMILES string of the molecule is O=C(Nc1nc2ccc(C(F)(F)F)cc2[nH]1)c1cn([C@@H]2CCOC2)nn1. The first kappa shape index (κ1) is 16.5. The Labute approximate surface area is 144 Å². The summed E-state index contributed by atoms with van der Waals surface area (Å²) in [6, 6.07) is 3.15. The second-order valence-corrected chi connectivity index (χ2v) is 5.87. The van der Waals surface area contributed by atoms with Crippen molar-refractivity contribution in [1.29, 1.82) is 0 Å². The van der Waals surface area contributed by atoms with Crippen LogP contribution in [0.25, 0.3) is 11.0 Å². The topological polar surface area (TPSA) is 97.7 Å².